The zero-order valence-corrected chi connectivity index (χ0v) is 18.4. The number of anilines is 1. The van der Waals surface area contributed by atoms with E-state index >= 15 is 0 Å². The first kappa shape index (κ1) is 22.1. The monoisotopic (exact) mass is 472 g/mol. The van der Waals surface area contributed by atoms with Crippen LogP contribution in [0, 0.1) is 5.92 Å². The smallest absolute Gasteiger partial charge is 0.236 e. The Bertz CT molecular complexity index is 1020. The molecule has 0 unspecified atom stereocenters. The van der Waals surface area contributed by atoms with Crippen LogP contribution in [0.2, 0.25) is 15.1 Å². The van der Waals surface area contributed by atoms with Crippen molar-refractivity contribution in [3.05, 3.63) is 68.5 Å². The summed E-state index contributed by atoms with van der Waals surface area (Å²) in [6.07, 6.45) is 2.40. The van der Waals surface area contributed by atoms with Gasteiger partial charge in [-0.05, 0) is 60.9 Å². The van der Waals surface area contributed by atoms with E-state index in [1.165, 1.54) is 10.4 Å². The van der Waals surface area contributed by atoms with Crippen molar-refractivity contribution in [1.82, 2.24) is 4.31 Å². The summed E-state index contributed by atoms with van der Waals surface area (Å²) in [5.74, 6) is -0.355. The molecule has 1 heterocycles. The molecule has 5 nitrogen and oxygen atoms in total. The molecule has 0 radical (unpaired) electrons. The molecule has 0 aliphatic carbocycles. The summed E-state index contributed by atoms with van der Waals surface area (Å²) in [4.78, 5) is 12.4. The van der Waals surface area contributed by atoms with Gasteiger partial charge in [0.1, 0.15) is 0 Å². The number of benzene rings is 2. The van der Waals surface area contributed by atoms with Crippen LogP contribution >= 0.6 is 34.8 Å². The molecule has 0 saturated carbocycles. The molecule has 154 valence electrons. The van der Waals surface area contributed by atoms with Gasteiger partial charge in [-0.1, -0.05) is 40.9 Å². The fourth-order valence-corrected chi connectivity index (χ4v) is 4.67. The molecule has 0 aromatic heterocycles. The van der Waals surface area contributed by atoms with Crippen molar-refractivity contribution in [1.29, 1.82) is 0 Å². The van der Waals surface area contributed by atoms with Crippen molar-refractivity contribution in [2.75, 3.05) is 18.4 Å². The standard InChI is InChI=1S/C20H19Cl3N2O3S/c21-16-2-4-17(5-3-16)24-20(26)15-7-10-25(11-8-15)29(27,28)12-9-14-1-6-18(22)19(23)13-14/h1-6,9,12-13,15H,7-8,10-11H2,(H,24,26)/b12-9+. The molecule has 0 spiro atoms. The largest absolute Gasteiger partial charge is 0.326 e. The van der Waals surface area contributed by atoms with Crippen LogP contribution in [-0.4, -0.2) is 31.7 Å². The van der Waals surface area contributed by atoms with E-state index in [9.17, 15) is 13.2 Å². The topological polar surface area (TPSA) is 66.5 Å². The van der Waals surface area contributed by atoms with Crippen molar-refractivity contribution < 1.29 is 13.2 Å². The van der Waals surface area contributed by atoms with Gasteiger partial charge in [0.2, 0.25) is 15.9 Å². The van der Waals surface area contributed by atoms with Crippen LogP contribution in [-0.2, 0) is 14.8 Å². The van der Waals surface area contributed by atoms with Gasteiger partial charge in [-0.2, -0.15) is 4.31 Å². The third-order valence-electron chi connectivity index (χ3n) is 4.67. The Balaban J connectivity index is 1.57. The zero-order valence-electron chi connectivity index (χ0n) is 15.3. The first-order chi connectivity index (χ1) is 13.7. The molecular formula is C20H19Cl3N2O3S. The fraction of sp³-hybridized carbons (Fsp3) is 0.250. The highest BCUT2D eigenvalue weighted by Gasteiger charge is 2.30. The Hall–Kier alpha value is -1.57. The van der Waals surface area contributed by atoms with Gasteiger partial charge in [0, 0.05) is 35.1 Å². The van der Waals surface area contributed by atoms with Gasteiger partial charge in [-0.3, -0.25) is 4.79 Å². The van der Waals surface area contributed by atoms with Gasteiger partial charge in [0.25, 0.3) is 0 Å². The lowest BCUT2D eigenvalue weighted by molar-refractivity contribution is -0.120. The third-order valence-corrected chi connectivity index (χ3v) is 7.23. The highest BCUT2D eigenvalue weighted by Crippen LogP contribution is 2.25. The maximum atomic E-state index is 12.6. The predicted octanol–water partition coefficient (Wildman–Crippen LogP) is 5.30. The first-order valence-corrected chi connectivity index (χ1v) is 11.6. The van der Waals surface area contributed by atoms with E-state index in [0.717, 1.165) is 5.41 Å². The first-order valence-electron chi connectivity index (χ1n) is 8.94. The van der Waals surface area contributed by atoms with Crippen LogP contribution in [0.4, 0.5) is 5.69 Å². The number of amides is 1. The molecule has 0 bridgehead atoms. The minimum Gasteiger partial charge on any atom is -0.326 e. The van der Waals surface area contributed by atoms with Crippen LogP contribution in [0.3, 0.4) is 0 Å². The zero-order chi connectivity index (χ0) is 21.0. The van der Waals surface area contributed by atoms with Gasteiger partial charge in [-0.15, -0.1) is 0 Å². The Morgan fingerprint density at radius 1 is 1.00 bits per heavy atom. The molecule has 2 aromatic carbocycles. The summed E-state index contributed by atoms with van der Waals surface area (Å²) in [6.45, 7) is 0.569. The van der Waals surface area contributed by atoms with Gasteiger partial charge in [-0.25, -0.2) is 8.42 Å². The van der Waals surface area contributed by atoms with Gasteiger partial charge < -0.3 is 5.32 Å². The van der Waals surface area contributed by atoms with E-state index in [1.807, 2.05) is 0 Å². The second kappa shape index (κ2) is 9.49. The molecule has 1 N–H and O–H groups in total. The van der Waals surface area contributed by atoms with E-state index in [0.29, 0.717) is 39.2 Å². The predicted molar refractivity (Wildman–Crippen MR) is 119 cm³/mol. The molecule has 1 amide bonds. The molecule has 29 heavy (non-hydrogen) atoms. The van der Waals surface area contributed by atoms with Crippen LogP contribution in [0.25, 0.3) is 6.08 Å². The highest BCUT2D eigenvalue weighted by atomic mass is 35.5. The Morgan fingerprint density at radius 2 is 1.66 bits per heavy atom. The number of hydrogen-bond donors (Lipinski definition) is 1. The normalized spacial score (nSPS) is 16.2. The molecule has 1 aliphatic heterocycles. The number of sulfonamides is 1. The van der Waals surface area contributed by atoms with E-state index in [2.05, 4.69) is 5.32 Å². The molecule has 0 atom stereocenters. The van der Waals surface area contributed by atoms with E-state index in [4.69, 9.17) is 34.8 Å². The molecular weight excluding hydrogens is 455 g/mol. The summed E-state index contributed by atoms with van der Waals surface area (Å²) in [5.41, 5.74) is 1.30. The Morgan fingerprint density at radius 3 is 2.28 bits per heavy atom. The lowest BCUT2D eigenvalue weighted by Gasteiger charge is -2.29. The highest BCUT2D eigenvalue weighted by molar-refractivity contribution is 7.92. The van der Waals surface area contributed by atoms with E-state index in [1.54, 1.807) is 42.5 Å². The Kier molecular flexibility index (Phi) is 7.24. The summed E-state index contributed by atoms with van der Waals surface area (Å²) < 4.78 is 26.5. The molecule has 3 rings (SSSR count). The van der Waals surface area contributed by atoms with E-state index < -0.39 is 10.0 Å². The summed E-state index contributed by atoms with van der Waals surface area (Å²) in [7, 11) is -3.59. The van der Waals surface area contributed by atoms with Crippen molar-refractivity contribution in [2.24, 2.45) is 5.92 Å². The number of rotatable bonds is 5. The van der Waals surface area contributed by atoms with Crippen molar-refractivity contribution >= 4 is 62.5 Å². The SMILES string of the molecule is O=C(Nc1ccc(Cl)cc1)C1CCN(S(=O)(=O)/C=C/c2ccc(Cl)c(Cl)c2)CC1. The third kappa shape index (κ3) is 5.96. The maximum Gasteiger partial charge on any atom is 0.236 e. The number of nitrogens with one attached hydrogen (secondary N) is 1. The summed E-state index contributed by atoms with van der Waals surface area (Å²) in [6, 6.07) is 11.8. The van der Waals surface area contributed by atoms with E-state index in [-0.39, 0.29) is 24.9 Å². The maximum absolute atomic E-state index is 12.6. The number of carbonyl (C=O) groups excluding carboxylic acids is 1. The van der Waals surface area contributed by atoms with Crippen molar-refractivity contribution in [3.8, 4) is 0 Å². The molecule has 9 heteroatoms. The van der Waals surface area contributed by atoms with Crippen LogP contribution in [0.15, 0.2) is 47.9 Å². The second-order valence-corrected chi connectivity index (χ2v) is 9.76. The molecule has 2 aromatic rings. The summed E-state index contributed by atoms with van der Waals surface area (Å²) >= 11 is 17.7. The van der Waals surface area contributed by atoms with Crippen molar-refractivity contribution in [3.63, 3.8) is 0 Å². The number of halogens is 3. The van der Waals surface area contributed by atoms with Gasteiger partial charge in [0.15, 0.2) is 0 Å². The average molecular weight is 474 g/mol. The molecule has 1 aliphatic rings. The van der Waals surface area contributed by atoms with Gasteiger partial charge >= 0.3 is 0 Å². The lowest BCUT2D eigenvalue weighted by atomic mass is 9.97. The summed E-state index contributed by atoms with van der Waals surface area (Å²) in [5, 5.41) is 5.36. The molecule has 1 saturated heterocycles. The van der Waals surface area contributed by atoms with Crippen molar-refractivity contribution in [2.45, 2.75) is 12.8 Å². The molecule has 1 fully saturated rings. The van der Waals surface area contributed by atoms with Crippen LogP contribution in [0.1, 0.15) is 18.4 Å². The number of carbonyl (C=O) groups is 1. The minimum absolute atomic E-state index is 0.115. The second-order valence-electron chi connectivity index (χ2n) is 6.69. The average Bonchev–Trinajstić information content (AvgIpc) is 2.71. The number of piperidine rings is 1. The lowest BCUT2D eigenvalue weighted by Crippen LogP contribution is -2.40. The van der Waals surface area contributed by atoms with Crippen LogP contribution in [0.5, 0.6) is 0 Å². The fourth-order valence-electron chi connectivity index (χ4n) is 3.02. The number of hydrogen-bond acceptors (Lipinski definition) is 3. The minimum atomic E-state index is -3.59. The van der Waals surface area contributed by atoms with Crippen LogP contribution < -0.4 is 5.32 Å². The number of nitrogens with zero attached hydrogens (tertiary/aromatic N) is 1. The van der Waals surface area contributed by atoms with Gasteiger partial charge in [0.05, 0.1) is 10.0 Å². The Labute approximate surface area is 185 Å². The quantitative estimate of drug-likeness (QED) is 0.641.